The summed E-state index contributed by atoms with van der Waals surface area (Å²) in [7, 11) is 0. The highest BCUT2D eigenvalue weighted by Crippen LogP contribution is 2.29. The Labute approximate surface area is 107 Å². The van der Waals surface area contributed by atoms with Crippen LogP contribution in [0.5, 0.6) is 0 Å². The summed E-state index contributed by atoms with van der Waals surface area (Å²) in [6.07, 6.45) is 1.18. The van der Waals surface area contributed by atoms with Crippen molar-refractivity contribution in [2.75, 3.05) is 5.75 Å². The van der Waals surface area contributed by atoms with Gasteiger partial charge in [-0.3, -0.25) is 4.79 Å². The molecular weight excluding hydrogens is 240 g/mol. The highest BCUT2D eigenvalue weighted by atomic mass is 35.5. The van der Waals surface area contributed by atoms with Crippen LogP contribution in [0.2, 0.25) is 5.02 Å². The minimum absolute atomic E-state index is 0.0561. The molecule has 0 aliphatic heterocycles. The van der Waals surface area contributed by atoms with Gasteiger partial charge in [-0.05, 0) is 37.1 Å². The quantitative estimate of drug-likeness (QED) is 0.562. The van der Waals surface area contributed by atoms with E-state index in [4.69, 9.17) is 11.6 Å². The van der Waals surface area contributed by atoms with Crippen LogP contribution in [0.25, 0.3) is 0 Å². The molecule has 0 fully saturated rings. The Bertz CT molecular complexity index is 374. The molecule has 16 heavy (non-hydrogen) atoms. The molecule has 0 unspecified atom stereocenters. The summed E-state index contributed by atoms with van der Waals surface area (Å²) in [4.78, 5) is 12.2. The predicted molar refractivity (Wildman–Crippen MR) is 71.6 cm³/mol. The van der Waals surface area contributed by atoms with Gasteiger partial charge in [-0.2, -0.15) is 0 Å². The largest absolute Gasteiger partial charge is 0.295 e. The Kier molecular flexibility index (Phi) is 5.36. The van der Waals surface area contributed by atoms with E-state index in [1.54, 1.807) is 24.8 Å². The van der Waals surface area contributed by atoms with E-state index in [0.717, 1.165) is 10.6 Å². The van der Waals surface area contributed by atoms with Gasteiger partial charge in [0.25, 0.3) is 0 Å². The van der Waals surface area contributed by atoms with Crippen LogP contribution in [-0.4, -0.2) is 11.5 Å². The SMILES string of the molecule is CC(=O)c1ccc(SCCC(C)C)c(Cl)c1. The zero-order valence-corrected chi connectivity index (χ0v) is 11.5. The van der Waals surface area contributed by atoms with Crippen molar-refractivity contribution >= 4 is 29.1 Å². The van der Waals surface area contributed by atoms with E-state index in [1.807, 2.05) is 12.1 Å². The lowest BCUT2D eigenvalue weighted by Gasteiger charge is -2.07. The van der Waals surface area contributed by atoms with Gasteiger partial charge < -0.3 is 0 Å². The molecule has 1 rings (SSSR count). The van der Waals surface area contributed by atoms with Gasteiger partial charge in [-0.25, -0.2) is 0 Å². The highest BCUT2D eigenvalue weighted by Gasteiger charge is 2.05. The average Bonchev–Trinajstić information content (AvgIpc) is 2.19. The van der Waals surface area contributed by atoms with Crippen LogP contribution in [0.15, 0.2) is 23.1 Å². The third-order valence-electron chi connectivity index (χ3n) is 2.29. The summed E-state index contributed by atoms with van der Waals surface area (Å²) in [5.41, 5.74) is 0.679. The molecule has 1 aromatic rings. The van der Waals surface area contributed by atoms with Crippen molar-refractivity contribution in [1.82, 2.24) is 0 Å². The first-order valence-corrected chi connectivity index (χ1v) is 6.80. The first-order chi connectivity index (χ1) is 7.50. The molecule has 0 saturated carbocycles. The number of hydrogen-bond acceptors (Lipinski definition) is 2. The van der Waals surface area contributed by atoms with Gasteiger partial charge in [-0.1, -0.05) is 31.5 Å². The maximum atomic E-state index is 11.1. The molecule has 0 aromatic heterocycles. The molecule has 0 N–H and O–H groups in total. The lowest BCUT2D eigenvalue weighted by atomic mass is 10.1. The molecule has 0 amide bonds. The van der Waals surface area contributed by atoms with Crippen molar-refractivity contribution in [3.63, 3.8) is 0 Å². The summed E-state index contributed by atoms with van der Waals surface area (Å²) in [6, 6.07) is 5.53. The van der Waals surface area contributed by atoms with Crippen molar-refractivity contribution in [1.29, 1.82) is 0 Å². The zero-order valence-electron chi connectivity index (χ0n) is 9.92. The second-order valence-corrected chi connectivity index (χ2v) is 5.78. The zero-order chi connectivity index (χ0) is 12.1. The van der Waals surface area contributed by atoms with Crippen molar-refractivity contribution in [3.05, 3.63) is 28.8 Å². The minimum Gasteiger partial charge on any atom is -0.295 e. The average molecular weight is 257 g/mol. The van der Waals surface area contributed by atoms with Gasteiger partial charge in [-0.15, -0.1) is 11.8 Å². The number of rotatable bonds is 5. The van der Waals surface area contributed by atoms with Gasteiger partial charge in [0.15, 0.2) is 5.78 Å². The number of carbonyl (C=O) groups excluding carboxylic acids is 1. The van der Waals surface area contributed by atoms with E-state index in [-0.39, 0.29) is 5.78 Å². The number of ketones is 1. The minimum atomic E-state index is 0.0561. The van der Waals surface area contributed by atoms with Crippen molar-refractivity contribution in [2.24, 2.45) is 5.92 Å². The lowest BCUT2D eigenvalue weighted by molar-refractivity contribution is 0.101. The Hall–Kier alpha value is -0.470. The Balaban J connectivity index is 2.64. The molecule has 1 aromatic carbocycles. The Morgan fingerprint density at radius 1 is 1.44 bits per heavy atom. The van der Waals surface area contributed by atoms with Gasteiger partial charge in [0.05, 0.1) is 5.02 Å². The monoisotopic (exact) mass is 256 g/mol. The van der Waals surface area contributed by atoms with Crippen LogP contribution in [0.3, 0.4) is 0 Å². The fourth-order valence-corrected chi connectivity index (χ4v) is 2.76. The molecule has 0 aliphatic carbocycles. The Morgan fingerprint density at radius 3 is 2.62 bits per heavy atom. The van der Waals surface area contributed by atoms with Crippen molar-refractivity contribution in [2.45, 2.75) is 32.1 Å². The van der Waals surface area contributed by atoms with Crippen LogP contribution in [0.4, 0.5) is 0 Å². The smallest absolute Gasteiger partial charge is 0.159 e. The van der Waals surface area contributed by atoms with E-state index >= 15 is 0 Å². The molecule has 0 heterocycles. The van der Waals surface area contributed by atoms with Gasteiger partial charge in [0, 0.05) is 10.5 Å². The van der Waals surface area contributed by atoms with Crippen LogP contribution in [-0.2, 0) is 0 Å². The maximum Gasteiger partial charge on any atom is 0.159 e. The molecule has 0 bridgehead atoms. The van der Waals surface area contributed by atoms with Crippen molar-refractivity contribution < 1.29 is 4.79 Å². The normalized spacial score (nSPS) is 10.8. The fourth-order valence-electron chi connectivity index (χ4n) is 1.24. The lowest BCUT2D eigenvalue weighted by Crippen LogP contribution is -1.93. The number of carbonyl (C=O) groups is 1. The molecule has 3 heteroatoms. The molecule has 0 saturated heterocycles. The van der Waals surface area contributed by atoms with Crippen LogP contribution < -0.4 is 0 Å². The Morgan fingerprint density at radius 2 is 2.12 bits per heavy atom. The van der Waals surface area contributed by atoms with Crippen molar-refractivity contribution in [3.8, 4) is 0 Å². The molecule has 88 valence electrons. The number of benzene rings is 1. The van der Waals surface area contributed by atoms with Crippen LogP contribution >= 0.6 is 23.4 Å². The van der Waals surface area contributed by atoms with Gasteiger partial charge in [0.2, 0.25) is 0 Å². The molecule has 0 aliphatic rings. The summed E-state index contributed by atoms with van der Waals surface area (Å²) in [6.45, 7) is 5.97. The molecule has 0 spiro atoms. The van der Waals surface area contributed by atoms with E-state index in [9.17, 15) is 4.79 Å². The first kappa shape index (κ1) is 13.6. The topological polar surface area (TPSA) is 17.1 Å². The molecule has 1 nitrogen and oxygen atoms in total. The molecule has 0 atom stereocenters. The maximum absolute atomic E-state index is 11.1. The number of halogens is 1. The first-order valence-electron chi connectivity index (χ1n) is 5.44. The number of thioether (sulfide) groups is 1. The molecular formula is C13H17ClOS. The van der Waals surface area contributed by atoms with Crippen LogP contribution in [0.1, 0.15) is 37.6 Å². The third-order valence-corrected chi connectivity index (χ3v) is 3.82. The summed E-state index contributed by atoms with van der Waals surface area (Å²) < 4.78 is 0. The van der Waals surface area contributed by atoms with Gasteiger partial charge in [0.1, 0.15) is 0 Å². The van der Waals surface area contributed by atoms with E-state index < -0.39 is 0 Å². The second kappa shape index (κ2) is 6.31. The molecule has 0 radical (unpaired) electrons. The van der Waals surface area contributed by atoms with E-state index in [2.05, 4.69) is 13.8 Å². The van der Waals surface area contributed by atoms with Crippen LogP contribution in [0, 0.1) is 5.92 Å². The fraction of sp³-hybridized carbons (Fsp3) is 0.462. The summed E-state index contributed by atoms with van der Waals surface area (Å²) in [5, 5.41) is 0.682. The number of Topliss-reactive ketones (excluding diaryl/α,β-unsaturated/α-hetero) is 1. The van der Waals surface area contributed by atoms with E-state index in [1.165, 1.54) is 6.42 Å². The predicted octanol–water partition coefficient (Wildman–Crippen LogP) is 4.68. The van der Waals surface area contributed by atoms with E-state index in [0.29, 0.717) is 16.5 Å². The highest BCUT2D eigenvalue weighted by molar-refractivity contribution is 7.99. The summed E-state index contributed by atoms with van der Waals surface area (Å²) >= 11 is 7.87. The standard InChI is InChI=1S/C13H17ClOS/c1-9(2)6-7-16-13-5-4-11(10(3)15)8-12(13)14/h4-5,8-9H,6-7H2,1-3H3. The summed E-state index contributed by atoms with van der Waals surface area (Å²) in [5.74, 6) is 1.83. The van der Waals surface area contributed by atoms with Gasteiger partial charge >= 0.3 is 0 Å². The second-order valence-electron chi connectivity index (χ2n) is 4.23. The third kappa shape index (κ3) is 4.18. The number of hydrogen-bond donors (Lipinski definition) is 0.